The lowest BCUT2D eigenvalue weighted by Gasteiger charge is -2.22. The van der Waals surface area contributed by atoms with E-state index in [1.165, 1.54) is 54.5 Å². The molecule has 0 spiro atoms. The minimum Gasteiger partial charge on any atom is -0.354 e. The maximum Gasteiger partial charge on any atom is 0.243 e. The van der Waals surface area contributed by atoms with Gasteiger partial charge in [-0.25, -0.2) is 17.8 Å². The van der Waals surface area contributed by atoms with Crippen molar-refractivity contribution in [3.8, 4) is 0 Å². The summed E-state index contributed by atoms with van der Waals surface area (Å²) in [5.41, 5.74) is 1.50. The molecule has 0 radical (unpaired) electrons. The van der Waals surface area contributed by atoms with Crippen LogP contribution in [0.1, 0.15) is 11.1 Å². The van der Waals surface area contributed by atoms with Gasteiger partial charge in [0.15, 0.2) is 5.16 Å². The highest BCUT2D eigenvalue weighted by molar-refractivity contribution is 7.99. The van der Waals surface area contributed by atoms with Crippen molar-refractivity contribution in [2.24, 2.45) is 0 Å². The first kappa shape index (κ1) is 22.9. The summed E-state index contributed by atoms with van der Waals surface area (Å²) in [6.45, 7) is 1.77. The van der Waals surface area contributed by atoms with E-state index in [-0.39, 0.29) is 18.0 Å². The first-order valence-electron chi connectivity index (χ1n) is 9.41. The Kier molecular flexibility index (Phi) is 7.77. The zero-order chi connectivity index (χ0) is 22.3. The highest BCUT2D eigenvalue weighted by atomic mass is 32.2. The molecule has 11 heteroatoms. The molecule has 0 saturated heterocycles. The number of aromatic amines is 1. The SMILES string of the molecule is Cc1ccc(S(=O)(=O)N(CC(=O)NCCSc2ncn[nH]2)Cc2ccc(F)cc2)cc1. The van der Waals surface area contributed by atoms with Crippen LogP contribution >= 0.6 is 11.8 Å². The van der Waals surface area contributed by atoms with Gasteiger partial charge in [0.25, 0.3) is 0 Å². The van der Waals surface area contributed by atoms with Gasteiger partial charge in [-0.2, -0.15) is 9.40 Å². The summed E-state index contributed by atoms with van der Waals surface area (Å²) in [5.74, 6) is -0.307. The largest absolute Gasteiger partial charge is 0.354 e. The Labute approximate surface area is 184 Å². The number of amides is 1. The Morgan fingerprint density at radius 1 is 1.16 bits per heavy atom. The molecule has 2 N–H and O–H groups in total. The number of sulfonamides is 1. The van der Waals surface area contributed by atoms with E-state index in [1.807, 2.05) is 6.92 Å². The fraction of sp³-hybridized carbons (Fsp3) is 0.250. The van der Waals surface area contributed by atoms with E-state index in [0.717, 1.165) is 9.87 Å². The smallest absolute Gasteiger partial charge is 0.243 e. The highest BCUT2D eigenvalue weighted by Crippen LogP contribution is 2.19. The van der Waals surface area contributed by atoms with Crippen molar-refractivity contribution in [1.29, 1.82) is 0 Å². The monoisotopic (exact) mass is 463 g/mol. The molecule has 0 saturated carbocycles. The summed E-state index contributed by atoms with van der Waals surface area (Å²) in [5, 5.41) is 9.80. The standard InChI is InChI=1S/C20H22FN5O3S2/c1-15-2-8-18(9-3-15)31(28,29)26(12-16-4-6-17(21)7-5-16)13-19(27)22-10-11-30-20-23-14-24-25-20/h2-9,14H,10-13H2,1H3,(H,22,27)(H,23,24,25). The van der Waals surface area contributed by atoms with Crippen LogP contribution in [-0.4, -0.2) is 52.7 Å². The van der Waals surface area contributed by atoms with Gasteiger partial charge in [0.1, 0.15) is 12.1 Å². The van der Waals surface area contributed by atoms with Gasteiger partial charge >= 0.3 is 0 Å². The van der Waals surface area contributed by atoms with Crippen molar-refractivity contribution in [3.63, 3.8) is 0 Å². The lowest BCUT2D eigenvalue weighted by Crippen LogP contribution is -2.40. The summed E-state index contributed by atoms with van der Waals surface area (Å²) in [4.78, 5) is 16.5. The summed E-state index contributed by atoms with van der Waals surface area (Å²) in [7, 11) is -3.94. The molecule has 0 unspecified atom stereocenters. The topological polar surface area (TPSA) is 108 Å². The van der Waals surface area contributed by atoms with E-state index < -0.39 is 21.7 Å². The molecule has 0 atom stereocenters. The normalized spacial score (nSPS) is 11.6. The van der Waals surface area contributed by atoms with Crippen molar-refractivity contribution >= 4 is 27.7 Å². The number of benzene rings is 2. The average molecular weight is 464 g/mol. The van der Waals surface area contributed by atoms with E-state index in [0.29, 0.717) is 23.0 Å². The molecule has 8 nitrogen and oxygen atoms in total. The van der Waals surface area contributed by atoms with Crippen molar-refractivity contribution < 1.29 is 17.6 Å². The van der Waals surface area contributed by atoms with Crippen LogP contribution in [0.5, 0.6) is 0 Å². The van der Waals surface area contributed by atoms with Crippen LogP contribution in [0.25, 0.3) is 0 Å². The van der Waals surface area contributed by atoms with Crippen LogP contribution in [0.2, 0.25) is 0 Å². The molecule has 3 aromatic rings. The number of carbonyl (C=O) groups is 1. The minimum absolute atomic E-state index is 0.0588. The van der Waals surface area contributed by atoms with Gasteiger partial charge in [0.2, 0.25) is 15.9 Å². The highest BCUT2D eigenvalue weighted by Gasteiger charge is 2.27. The molecule has 2 aromatic carbocycles. The number of aromatic nitrogens is 3. The van der Waals surface area contributed by atoms with Gasteiger partial charge in [-0.1, -0.05) is 41.6 Å². The molecule has 31 heavy (non-hydrogen) atoms. The lowest BCUT2D eigenvalue weighted by atomic mass is 10.2. The number of H-pyrrole nitrogens is 1. The number of hydrogen-bond donors (Lipinski definition) is 2. The van der Waals surface area contributed by atoms with E-state index >= 15 is 0 Å². The molecule has 3 rings (SSSR count). The second-order valence-corrected chi connectivity index (χ2v) is 9.72. The summed E-state index contributed by atoms with van der Waals surface area (Å²) >= 11 is 1.38. The van der Waals surface area contributed by atoms with Crippen molar-refractivity contribution in [2.75, 3.05) is 18.8 Å². The van der Waals surface area contributed by atoms with Crippen LogP contribution in [0.3, 0.4) is 0 Å². The maximum atomic E-state index is 13.2. The molecule has 0 aliphatic rings. The Hall–Kier alpha value is -2.76. The molecule has 1 amide bonds. The van der Waals surface area contributed by atoms with E-state index in [9.17, 15) is 17.6 Å². The van der Waals surface area contributed by atoms with E-state index in [1.54, 1.807) is 12.1 Å². The second kappa shape index (κ2) is 10.5. The zero-order valence-electron chi connectivity index (χ0n) is 16.8. The Balaban J connectivity index is 1.69. The number of aryl methyl sites for hydroxylation is 1. The van der Waals surface area contributed by atoms with E-state index in [2.05, 4.69) is 20.5 Å². The first-order valence-corrected chi connectivity index (χ1v) is 11.8. The third kappa shape index (κ3) is 6.61. The number of halogens is 1. The Morgan fingerprint density at radius 2 is 1.87 bits per heavy atom. The zero-order valence-corrected chi connectivity index (χ0v) is 18.4. The summed E-state index contributed by atoms with van der Waals surface area (Å²) in [6, 6.07) is 11.9. The molecular formula is C20H22FN5O3S2. The predicted octanol–water partition coefficient (Wildman–Crippen LogP) is 2.35. The number of hydrogen-bond acceptors (Lipinski definition) is 6. The molecule has 1 heterocycles. The van der Waals surface area contributed by atoms with Crippen LogP contribution in [0, 0.1) is 12.7 Å². The van der Waals surface area contributed by atoms with Crippen LogP contribution < -0.4 is 5.32 Å². The third-order valence-electron chi connectivity index (χ3n) is 4.31. The van der Waals surface area contributed by atoms with Crippen molar-refractivity contribution in [3.05, 3.63) is 71.8 Å². The molecular weight excluding hydrogens is 441 g/mol. The van der Waals surface area contributed by atoms with Gasteiger partial charge in [0.05, 0.1) is 11.4 Å². The number of thioether (sulfide) groups is 1. The number of nitrogens with zero attached hydrogens (tertiary/aromatic N) is 3. The number of nitrogens with one attached hydrogen (secondary N) is 2. The van der Waals surface area contributed by atoms with Crippen LogP contribution in [0.15, 0.2) is 64.9 Å². The number of rotatable bonds is 10. The Bertz CT molecular complexity index is 1090. The second-order valence-electron chi connectivity index (χ2n) is 6.70. The van der Waals surface area contributed by atoms with Crippen molar-refractivity contribution in [2.45, 2.75) is 23.5 Å². The van der Waals surface area contributed by atoms with Crippen molar-refractivity contribution in [1.82, 2.24) is 24.8 Å². The average Bonchev–Trinajstić information content (AvgIpc) is 3.26. The Morgan fingerprint density at radius 3 is 2.52 bits per heavy atom. The van der Waals surface area contributed by atoms with E-state index in [4.69, 9.17) is 0 Å². The maximum absolute atomic E-state index is 13.2. The predicted molar refractivity (Wildman–Crippen MR) is 115 cm³/mol. The fourth-order valence-electron chi connectivity index (χ4n) is 2.70. The minimum atomic E-state index is -3.94. The third-order valence-corrected chi connectivity index (χ3v) is 6.99. The molecule has 0 aliphatic heterocycles. The fourth-order valence-corrected chi connectivity index (χ4v) is 4.72. The van der Waals surface area contributed by atoms with Gasteiger partial charge in [-0.15, -0.1) is 0 Å². The van der Waals surface area contributed by atoms with Gasteiger partial charge in [0, 0.05) is 18.8 Å². The first-order chi connectivity index (χ1) is 14.8. The summed E-state index contributed by atoms with van der Waals surface area (Å²) in [6.07, 6.45) is 1.39. The molecule has 164 valence electrons. The quantitative estimate of drug-likeness (QED) is 0.353. The van der Waals surface area contributed by atoms with Gasteiger partial charge < -0.3 is 5.32 Å². The summed E-state index contributed by atoms with van der Waals surface area (Å²) < 4.78 is 40.7. The van der Waals surface area contributed by atoms with Crippen LogP contribution in [-0.2, 0) is 21.4 Å². The molecule has 0 fully saturated rings. The lowest BCUT2D eigenvalue weighted by molar-refractivity contribution is -0.121. The van der Waals surface area contributed by atoms with Crippen LogP contribution in [0.4, 0.5) is 4.39 Å². The van der Waals surface area contributed by atoms with Gasteiger partial charge in [-0.05, 0) is 36.8 Å². The number of carbonyl (C=O) groups excluding carboxylic acids is 1. The molecule has 1 aromatic heterocycles. The molecule has 0 aliphatic carbocycles. The van der Waals surface area contributed by atoms with Gasteiger partial charge in [-0.3, -0.25) is 9.89 Å². The molecule has 0 bridgehead atoms.